The molecule has 0 spiro atoms. The number of halogens is 1. The van der Waals surface area contributed by atoms with Gasteiger partial charge in [0.05, 0.1) is 5.69 Å². The van der Waals surface area contributed by atoms with Crippen molar-refractivity contribution in [2.45, 2.75) is 20.0 Å². The van der Waals surface area contributed by atoms with Crippen LogP contribution in [0.25, 0.3) is 0 Å². The number of hydrogen-bond acceptors (Lipinski definition) is 3. The van der Waals surface area contributed by atoms with E-state index < -0.39 is 0 Å². The molecule has 0 bridgehead atoms. The fourth-order valence-electron chi connectivity index (χ4n) is 1.50. The van der Waals surface area contributed by atoms with Crippen LogP contribution in [0.2, 0.25) is 0 Å². The first-order valence-corrected chi connectivity index (χ1v) is 6.25. The lowest BCUT2D eigenvalue weighted by Crippen LogP contribution is -2.13. The van der Waals surface area contributed by atoms with Gasteiger partial charge in [-0.05, 0) is 30.2 Å². The van der Waals surface area contributed by atoms with Crippen LogP contribution in [0.5, 0.6) is 0 Å². The lowest BCUT2D eigenvalue weighted by molar-refractivity contribution is 0.677. The first-order chi connectivity index (χ1) is 8.25. The maximum absolute atomic E-state index is 4.16. The highest BCUT2D eigenvalue weighted by Gasteiger charge is 1.98. The zero-order chi connectivity index (χ0) is 12.1. The highest BCUT2D eigenvalue weighted by atomic mass is 79.9. The van der Waals surface area contributed by atoms with Gasteiger partial charge in [-0.3, -0.25) is 0 Å². The van der Waals surface area contributed by atoms with Crippen molar-refractivity contribution in [2.75, 3.05) is 0 Å². The molecule has 0 unspecified atom stereocenters. The van der Waals surface area contributed by atoms with Gasteiger partial charge in [0, 0.05) is 23.8 Å². The lowest BCUT2D eigenvalue weighted by atomic mass is 10.1. The summed E-state index contributed by atoms with van der Waals surface area (Å²) in [5.74, 6) is 0. The van der Waals surface area contributed by atoms with Crippen molar-refractivity contribution < 1.29 is 0 Å². The molecule has 0 saturated heterocycles. The molecule has 1 N–H and O–H groups in total. The van der Waals surface area contributed by atoms with E-state index in [0.717, 1.165) is 23.3 Å². The summed E-state index contributed by atoms with van der Waals surface area (Å²) in [5, 5.41) is 3.35. The summed E-state index contributed by atoms with van der Waals surface area (Å²) < 4.78 is 1.15. The van der Waals surface area contributed by atoms with Gasteiger partial charge in [-0.2, -0.15) is 0 Å². The zero-order valence-corrected chi connectivity index (χ0v) is 11.2. The van der Waals surface area contributed by atoms with E-state index in [2.05, 4.69) is 56.3 Å². The summed E-state index contributed by atoms with van der Waals surface area (Å²) in [6.45, 7) is 3.68. The van der Waals surface area contributed by atoms with Crippen molar-refractivity contribution in [3.05, 3.63) is 58.1 Å². The second-order valence-electron chi connectivity index (χ2n) is 3.89. The largest absolute Gasteiger partial charge is 0.307 e. The Bertz CT molecular complexity index is 485. The molecule has 0 aliphatic carbocycles. The van der Waals surface area contributed by atoms with Gasteiger partial charge in [-0.15, -0.1) is 0 Å². The van der Waals surface area contributed by atoms with Crippen molar-refractivity contribution in [2.24, 2.45) is 0 Å². The number of nitrogens with one attached hydrogen (secondary N) is 1. The van der Waals surface area contributed by atoms with Gasteiger partial charge in [-0.1, -0.05) is 28.1 Å². The van der Waals surface area contributed by atoms with Crippen molar-refractivity contribution in [3.8, 4) is 0 Å². The second kappa shape index (κ2) is 5.89. The minimum atomic E-state index is 0.758. The Morgan fingerprint density at radius 3 is 2.82 bits per heavy atom. The van der Waals surface area contributed by atoms with Gasteiger partial charge in [0.1, 0.15) is 6.33 Å². The molecule has 0 saturated carbocycles. The summed E-state index contributed by atoms with van der Waals surface area (Å²) >= 11 is 3.53. The Morgan fingerprint density at radius 1 is 1.24 bits per heavy atom. The number of rotatable bonds is 4. The normalized spacial score (nSPS) is 10.5. The van der Waals surface area contributed by atoms with E-state index in [9.17, 15) is 0 Å². The van der Waals surface area contributed by atoms with E-state index in [1.807, 2.05) is 6.07 Å². The highest BCUT2D eigenvalue weighted by Crippen LogP contribution is 2.17. The van der Waals surface area contributed by atoms with Gasteiger partial charge in [0.2, 0.25) is 0 Å². The number of hydrogen-bond donors (Lipinski definition) is 1. The van der Waals surface area contributed by atoms with Gasteiger partial charge in [0.15, 0.2) is 0 Å². The third-order valence-corrected chi connectivity index (χ3v) is 3.37. The smallest absolute Gasteiger partial charge is 0.115 e. The molecular weight excluding hydrogens is 278 g/mol. The molecule has 0 atom stereocenters. The predicted octanol–water partition coefficient (Wildman–Crippen LogP) is 2.84. The van der Waals surface area contributed by atoms with E-state index >= 15 is 0 Å². The third-order valence-electron chi connectivity index (χ3n) is 2.51. The summed E-state index contributed by atoms with van der Waals surface area (Å²) in [4.78, 5) is 8.05. The second-order valence-corrected chi connectivity index (χ2v) is 4.74. The van der Waals surface area contributed by atoms with E-state index in [0.29, 0.717) is 0 Å². The molecule has 17 heavy (non-hydrogen) atoms. The Balaban J connectivity index is 1.88. The molecule has 3 nitrogen and oxygen atoms in total. The van der Waals surface area contributed by atoms with Crippen LogP contribution in [0.1, 0.15) is 16.8 Å². The number of nitrogens with zero attached hydrogens (tertiary/aromatic N) is 2. The molecule has 1 aromatic heterocycles. The van der Waals surface area contributed by atoms with Crippen LogP contribution in [0, 0.1) is 6.92 Å². The first kappa shape index (κ1) is 12.2. The molecule has 0 aliphatic heterocycles. The monoisotopic (exact) mass is 291 g/mol. The van der Waals surface area contributed by atoms with Crippen molar-refractivity contribution >= 4 is 15.9 Å². The van der Waals surface area contributed by atoms with E-state index in [4.69, 9.17) is 0 Å². The quantitative estimate of drug-likeness (QED) is 0.941. The molecule has 0 fully saturated rings. The fourth-order valence-corrected chi connectivity index (χ4v) is 1.93. The predicted molar refractivity (Wildman–Crippen MR) is 71.5 cm³/mol. The maximum Gasteiger partial charge on any atom is 0.115 e. The van der Waals surface area contributed by atoms with Crippen LogP contribution in [0.15, 0.2) is 41.3 Å². The Hall–Kier alpha value is -1.26. The van der Waals surface area contributed by atoms with E-state index in [-0.39, 0.29) is 0 Å². The molecule has 2 aromatic rings. The average Bonchev–Trinajstić information content (AvgIpc) is 2.35. The molecule has 2 rings (SSSR count). The molecule has 1 aromatic carbocycles. The molecule has 1 heterocycles. The lowest BCUT2D eigenvalue weighted by Gasteiger charge is -2.06. The van der Waals surface area contributed by atoms with Gasteiger partial charge in [-0.25, -0.2) is 9.97 Å². The molecule has 4 heteroatoms. The van der Waals surface area contributed by atoms with Gasteiger partial charge >= 0.3 is 0 Å². The summed E-state index contributed by atoms with van der Waals surface area (Å²) in [6.07, 6.45) is 3.33. The number of aromatic nitrogens is 2. The minimum absolute atomic E-state index is 0.758. The maximum atomic E-state index is 4.16. The van der Waals surface area contributed by atoms with Crippen LogP contribution in [0.3, 0.4) is 0 Å². The van der Waals surface area contributed by atoms with Crippen LogP contribution in [0.4, 0.5) is 0 Å². The fraction of sp³-hybridized carbons (Fsp3) is 0.231. The molecule has 88 valence electrons. The van der Waals surface area contributed by atoms with Crippen molar-refractivity contribution in [3.63, 3.8) is 0 Å². The van der Waals surface area contributed by atoms with E-state index in [1.54, 1.807) is 12.5 Å². The standard InChI is InChI=1S/C13H14BrN3/c1-10-2-3-11(6-13(10)14)7-16-8-12-4-5-15-9-17-12/h2-6,9,16H,7-8H2,1H3. The van der Waals surface area contributed by atoms with Crippen molar-refractivity contribution in [1.29, 1.82) is 0 Å². The molecule has 0 amide bonds. The van der Waals surface area contributed by atoms with Gasteiger partial charge in [0.25, 0.3) is 0 Å². The minimum Gasteiger partial charge on any atom is -0.307 e. The van der Waals surface area contributed by atoms with E-state index in [1.165, 1.54) is 11.1 Å². The van der Waals surface area contributed by atoms with Crippen LogP contribution < -0.4 is 5.32 Å². The Kier molecular flexibility index (Phi) is 4.23. The summed E-state index contributed by atoms with van der Waals surface area (Å²) in [5.41, 5.74) is 3.52. The SMILES string of the molecule is Cc1ccc(CNCc2ccncn2)cc1Br. The summed E-state index contributed by atoms with van der Waals surface area (Å²) in [7, 11) is 0. The van der Waals surface area contributed by atoms with Crippen LogP contribution >= 0.6 is 15.9 Å². The van der Waals surface area contributed by atoms with Crippen LogP contribution in [-0.4, -0.2) is 9.97 Å². The topological polar surface area (TPSA) is 37.8 Å². The summed E-state index contributed by atoms with van der Waals surface area (Å²) in [6, 6.07) is 8.30. The number of benzene rings is 1. The molecular formula is C13H14BrN3. The third kappa shape index (κ3) is 3.61. The van der Waals surface area contributed by atoms with Crippen molar-refractivity contribution in [1.82, 2.24) is 15.3 Å². The number of aryl methyl sites for hydroxylation is 1. The van der Waals surface area contributed by atoms with Crippen LogP contribution in [-0.2, 0) is 13.1 Å². The molecule has 0 radical (unpaired) electrons. The Labute approximate surface area is 109 Å². The van der Waals surface area contributed by atoms with Gasteiger partial charge < -0.3 is 5.32 Å². The highest BCUT2D eigenvalue weighted by molar-refractivity contribution is 9.10. The average molecular weight is 292 g/mol. The Morgan fingerprint density at radius 2 is 2.12 bits per heavy atom. The first-order valence-electron chi connectivity index (χ1n) is 5.46. The zero-order valence-electron chi connectivity index (χ0n) is 9.65. The molecule has 0 aliphatic rings.